The van der Waals surface area contributed by atoms with Crippen LogP contribution in [0.4, 0.5) is 0 Å². The summed E-state index contributed by atoms with van der Waals surface area (Å²) < 4.78 is 1.43. The molecule has 2 saturated heterocycles. The molecule has 3 rings (SSSR count). The Balaban J connectivity index is 1.70. The van der Waals surface area contributed by atoms with Gasteiger partial charge in [-0.2, -0.15) is 0 Å². The van der Waals surface area contributed by atoms with Crippen LogP contribution in [0.3, 0.4) is 0 Å². The van der Waals surface area contributed by atoms with E-state index in [9.17, 15) is 9.59 Å². The molecule has 7 heteroatoms. The van der Waals surface area contributed by atoms with E-state index in [2.05, 4.69) is 22.9 Å². The monoisotopic (exact) mass is 424 g/mol. The van der Waals surface area contributed by atoms with E-state index in [1.807, 2.05) is 35.2 Å². The molecule has 0 spiro atoms. The normalized spacial score (nSPS) is 22.8. The van der Waals surface area contributed by atoms with Crippen molar-refractivity contribution in [2.45, 2.75) is 13.3 Å². The van der Waals surface area contributed by atoms with Gasteiger partial charge in [0.1, 0.15) is 10.9 Å². The Morgan fingerprint density at radius 2 is 2.12 bits per heavy atom. The van der Waals surface area contributed by atoms with Crippen molar-refractivity contribution in [1.82, 2.24) is 9.80 Å². The van der Waals surface area contributed by atoms with Crippen molar-refractivity contribution < 1.29 is 9.59 Å². The van der Waals surface area contributed by atoms with Gasteiger partial charge in [-0.1, -0.05) is 59.0 Å². The summed E-state index contributed by atoms with van der Waals surface area (Å²) in [5.41, 5.74) is 0.929. The number of nitrogens with zero attached hydrogens (tertiary/aromatic N) is 2. The van der Waals surface area contributed by atoms with Crippen molar-refractivity contribution in [3.63, 3.8) is 0 Å². The molecule has 0 saturated carbocycles. The van der Waals surface area contributed by atoms with Crippen molar-refractivity contribution in [1.29, 1.82) is 0 Å². The van der Waals surface area contributed by atoms with Crippen LogP contribution in [0, 0.1) is 5.92 Å². The summed E-state index contributed by atoms with van der Waals surface area (Å²) in [6.07, 6.45) is 2.84. The summed E-state index contributed by atoms with van der Waals surface area (Å²) in [7, 11) is 0. The van der Waals surface area contributed by atoms with Crippen molar-refractivity contribution >= 4 is 62.1 Å². The van der Waals surface area contributed by atoms with Crippen LogP contribution < -0.4 is 0 Å². The van der Waals surface area contributed by atoms with E-state index in [0.717, 1.165) is 29.5 Å². The number of carbonyl (C=O) groups excluding carboxylic acids is 2. The lowest BCUT2D eigenvalue weighted by Gasteiger charge is -2.20. The predicted molar refractivity (Wildman–Crippen MR) is 104 cm³/mol. The average molecular weight is 425 g/mol. The third kappa shape index (κ3) is 3.90. The summed E-state index contributed by atoms with van der Waals surface area (Å²) in [6.45, 7) is 3.70. The summed E-state index contributed by atoms with van der Waals surface area (Å²) in [5, 5.41) is 0. The smallest absolute Gasteiger partial charge is 0.266 e. The molecule has 0 aliphatic carbocycles. The molecular formula is C17H17BrN2O2S2. The van der Waals surface area contributed by atoms with E-state index < -0.39 is 0 Å². The zero-order valence-electron chi connectivity index (χ0n) is 13.2. The van der Waals surface area contributed by atoms with Gasteiger partial charge in [-0.05, 0) is 36.1 Å². The van der Waals surface area contributed by atoms with Crippen LogP contribution in [0.5, 0.6) is 0 Å². The highest BCUT2D eigenvalue weighted by Crippen LogP contribution is 2.32. The van der Waals surface area contributed by atoms with Crippen LogP contribution in [-0.4, -0.2) is 45.6 Å². The fourth-order valence-electron chi connectivity index (χ4n) is 2.74. The number of hydrogen-bond acceptors (Lipinski definition) is 4. The number of thioether (sulfide) groups is 1. The first-order valence-corrected chi connectivity index (χ1v) is 9.74. The Kier molecular flexibility index (Phi) is 5.42. The second kappa shape index (κ2) is 7.37. The van der Waals surface area contributed by atoms with Gasteiger partial charge in [-0.25, -0.2) is 0 Å². The molecule has 2 aliphatic rings. The summed E-state index contributed by atoms with van der Waals surface area (Å²) in [6, 6.07) is 7.69. The molecular weight excluding hydrogens is 408 g/mol. The highest BCUT2D eigenvalue weighted by Gasteiger charge is 2.35. The fraction of sp³-hybridized carbons (Fsp3) is 0.353. The Labute approximate surface area is 159 Å². The van der Waals surface area contributed by atoms with E-state index in [4.69, 9.17) is 12.2 Å². The maximum Gasteiger partial charge on any atom is 0.266 e. The van der Waals surface area contributed by atoms with Gasteiger partial charge >= 0.3 is 0 Å². The Hall–Kier alpha value is -1.18. The van der Waals surface area contributed by atoms with Crippen LogP contribution in [0.15, 0.2) is 33.6 Å². The van der Waals surface area contributed by atoms with Crippen LogP contribution in [-0.2, 0) is 9.59 Å². The van der Waals surface area contributed by atoms with Gasteiger partial charge < -0.3 is 4.90 Å². The SMILES string of the molecule is CC1CCN(C(=O)CN2C(=O)/C(=C/c3ccc(Br)cc3)SC2=S)C1. The summed E-state index contributed by atoms with van der Waals surface area (Å²) >= 11 is 9.94. The third-order valence-corrected chi connectivity index (χ3v) is 6.02. The van der Waals surface area contributed by atoms with Crippen LogP contribution in [0.2, 0.25) is 0 Å². The largest absolute Gasteiger partial charge is 0.341 e. The maximum absolute atomic E-state index is 12.6. The van der Waals surface area contributed by atoms with Gasteiger partial charge in [0, 0.05) is 17.6 Å². The number of benzene rings is 1. The quantitative estimate of drug-likeness (QED) is 0.549. The second-order valence-electron chi connectivity index (χ2n) is 6.05. The number of thiocarbonyl (C=S) groups is 1. The van der Waals surface area contributed by atoms with E-state index >= 15 is 0 Å². The van der Waals surface area contributed by atoms with Crippen molar-refractivity contribution in [2.24, 2.45) is 5.92 Å². The Morgan fingerprint density at radius 1 is 1.42 bits per heavy atom. The molecule has 1 unspecified atom stereocenters. The van der Waals surface area contributed by atoms with Crippen molar-refractivity contribution in [3.05, 3.63) is 39.2 Å². The summed E-state index contributed by atoms with van der Waals surface area (Å²) in [5.74, 6) is 0.312. The molecule has 0 radical (unpaired) electrons. The molecule has 2 amide bonds. The number of halogens is 1. The lowest BCUT2D eigenvalue weighted by atomic mass is 10.2. The highest BCUT2D eigenvalue weighted by molar-refractivity contribution is 9.10. The van der Waals surface area contributed by atoms with Gasteiger partial charge in [0.25, 0.3) is 5.91 Å². The zero-order valence-corrected chi connectivity index (χ0v) is 16.4. The number of likely N-dealkylation sites (tertiary alicyclic amines) is 1. The molecule has 1 aromatic rings. The topological polar surface area (TPSA) is 40.6 Å². The van der Waals surface area contributed by atoms with Gasteiger partial charge in [-0.3, -0.25) is 14.5 Å². The minimum Gasteiger partial charge on any atom is -0.341 e. The summed E-state index contributed by atoms with van der Waals surface area (Å²) in [4.78, 5) is 28.7. The van der Waals surface area contributed by atoms with Gasteiger partial charge in [0.2, 0.25) is 5.91 Å². The van der Waals surface area contributed by atoms with E-state index in [1.165, 1.54) is 16.7 Å². The van der Waals surface area contributed by atoms with E-state index in [0.29, 0.717) is 15.1 Å². The van der Waals surface area contributed by atoms with Crippen molar-refractivity contribution in [2.75, 3.05) is 19.6 Å². The molecule has 1 aromatic carbocycles. The molecule has 126 valence electrons. The minimum atomic E-state index is -0.187. The third-order valence-electron chi connectivity index (χ3n) is 4.11. The lowest BCUT2D eigenvalue weighted by Crippen LogP contribution is -2.41. The lowest BCUT2D eigenvalue weighted by molar-refractivity contribution is -0.134. The van der Waals surface area contributed by atoms with Gasteiger partial charge in [0.05, 0.1) is 4.91 Å². The fourth-order valence-corrected chi connectivity index (χ4v) is 4.26. The molecule has 2 heterocycles. The first-order valence-electron chi connectivity index (χ1n) is 7.73. The minimum absolute atomic E-state index is 0.0273. The molecule has 0 aromatic heterocycles. The molecule has 2 fully saturated rings. The second-order valence-corrected chi connectivity index (χ2v) is 8.64. The van der Waals surface area contributed by atoms with Crippen LogP contribution in [0.25, 0.3) is 6.08 Å². The molecule has 2 aliphatic heterocycles. The number of carbonyl (C=O) groups is 2. The number of amides is 2. The van der Waals surface area contributed by atoms with Crippen LogP contribution >= 0.6 is 39.9 Å². The Bertz CT molecular complexity index is 718. The number of hydrogen-bond donors (Lipinski definition) is 0. The van der Waals surface area contributed by atoms with E-state index in [1.54, 1.807) is 0 Å². The number of rotatable bonds is 3. The first-order chi connectivity index (χ1) is 11.4. The molecule has 4 nitrogen and oxygen atoms in total. The molecule has 0 N–H and O–H groups in total. The van der Waals surface area contributed by atoms with Crippen LogP contribution in [0.1, 0.15) is 18.9 Å². The zero-order chi connectivity index (χ0) is 17.3. The molecule has 24 heavy (non-hydrogen) atoms. The standard InChI is InChI=1S/C17H17BrN2O2S2/c1-11-6-7-19(9-11)15(21)10-20-16(22)14(24-17(20)23)8-12-2-4-13(18)5-3-12/h2-5,8,11H,6-7,9-10H2,1H3/b14-8-. The maximum atomic E-state index is 12.6. The predicted octanol–water partition coefficient (Wildman–Crippen LogP) is 3.52. The average Bonchev–Trinajstić information content (AvgIpc) is 3.09. The molecule has 1 atom stereocenters. The Morgan fingerprint density at radius 3 is 2.75 bits per heavy atom. The highest BCUT2D eigenvalue weighted by atomic mass is 79.9. The van der Waals surface area contributed by atoms with Crippen molar-refractivity contribution in [3.8, 4) is 0 Å². The molecule has 0 bridgehead atoms. The van der Waals surface area contributed by atoms with Gasteiger partial charge in [-0.15, -0.1) is 0 Å². The first kappa shape index (κ1) is 17.6. The van der Waals surface area contributed by atoms with Gasteiger partial charge in [0.15, 0.2) is 0 Å². The van der Waals surface area contributed by atoms with E-state index in [-0.39, 0.29) is 18.4 Å².